The third-order valence-corrected chi connectivity index (χ3v) is 5.62. The molecule has 5 heteroatoms. The summed E-state index contributed by atoms with van der Waals surface area (Å²) in [6.07, 6.45) is 1.89. The van der Waals surface area contributed by atoms with E-state index in [1.165, 1.54) is 21.6 Å². The van der Waals surface area contributed by atoms with Gasteiger partial charge in [0.05, 0.1) is 5.25 Å². The summed E-state index contributed by atoms with van der Waals surface area (Å²) >= 11 is 1.67. The van der Waals surface area contributed by atoms with Crippen molar-refractivity contribution >= 4 is 35.8 Å². The van der Waals surface area contributed by atoms with Gasteiger partial charge >= 0.3 is 0 Å². The van der Waals surface area contributed by atoms with Crippen molar-refractivity contribution in [1.29, 1.82) is 0 Å². The molecule has 2 aromatic carbocycles. The van der Waals surface area contributed by atoms with Gasteiger partial charge in [0.1, 0.15) is 0 Å². The first-order chi connectivity index (χ1) is 10.8. The highest BCUT2D eigenvalue weighted by atomic mass is 35.5. The molecule has 2 aliphatic rings. The Bertz CT molecular complexity index is 710. The van der Waals surface area contributed by atoms with E-state index in [2.05, 4.69) is 34.9 Å². The summed E-state index contributed by atoms with van der Waals surface area (Å²) in [5.74, 6) is 0.102. The third-order valence-electron chi connectivity index (χ3n) is 4.30. The molecule has 120 valence electrons. The molecule has 3 nitrogen and oxygen atoms in total. The molecular weight excluding hydrogens is 328 g/mol. The van der Waals surface area contributed by atoms with Crippen molar-refractivity contribution in [2.45, 2.75) is 29.5 Å². The van der Waals surface area contributed by atoms with Crippen LogP contribution in [0.4, 0.5) is 5.69 Å². The van der Waals surface area contributed by atoms with Gasteiger partial charge in [0.2, 0.25) is 5.91 Å². The summed E-state index contributed by atoms with van der Waals surface area (Å²) in [7, 11) is 0. The van der Waals surface area contributed by atoms with Crippen molar-refractivity contribution in [3.63, 3.8) is 0 Å². The van der Waals surface area contributed by atoms with Crippen LogP contribution < -0.4 is 10.6 Å². The molecule has 1 amide bonds. The molecule has 0 fully saturated rings. The molecule has 0 radical (unpaired) electrons. The van der Waals surface area contributed by atoms with E-state index >= 15 is 0 Å². The molecule has 2 aliphatic heterocycles. The lowest BCUT2D eigenvalue weighted by Crippen LogP contribution is -2.26. The molecule has 1 atom stereocenters. The quantitative estimate of drug-likeness (QED) is 0.875. The Balaban J connectivity index is 0.00000156. The second-order valence-electron chi connectivity index (χ2n) is 5.82. The number of hydrogen-bond donors (Lipinski definition) is 2. The molecule has 2 aromatic rings. The van der Waals surface area contributed by atoms with E-state index in [0.717, 1.165) is 31.6 Å². The predicted molar refractivity (Wildman–Crippen MR) is 97.5 cm³/mol. The highest BCUT2D eigenvalue weighted by molar-refractivity contribution is 8.01. The van der Waals surface area contributed by atoms with Crippen LogP contribution in [0.3, 0.4) is 0 Å². The fraction of sp³-hybridized carbons (Fsp3) is 0.278. The highest BCUT2D eigenvalue weighted by Crippen LogP contribution is 2.37. The molecule has 23 heavy (non-hydrogen) atoms. The predicted octanol–water partition coefficient (Wildman–Crippen LogP) is 3.41. The van der Waals surface area contributed by atoms with Crippen molar-refractivity contribution in [3.8, 4) is 0 Å². The van der Waals surface area contributed by atoms with Gasteiger partial charge in [0.15, 0.2) is 0 Å². The summed E-state index contributed by atoms with van der Waals surface area (Å²) in [6, 6.07) is 14.5. The number of rotatable bonds is 2. The summed E-state index contributed by atoms with van der Waals surface area (Å²) in [6.45, 7) is 1.93. The number of hydrogen-bond acceptors (Lipinski definition) is 3. The van der Waals surface area contributed by atoms with Crippen LogP contribution in [0.2, 0.25) is 0 Å². The summed E-state index contributed by atoms with van der Waals surface area (Å²) in [5.41, 5.74) is 4.87. The van der Waals surface area contributed by atoms with Crippen molar-refractivity contribution < 1.29 is 4.79 Å². The van der Waals surface area contributed by atoms with Crippen LogP contribution >= 0.6 is 24.2 Å². The van der Waals surface area contributed by atoms with Gasteiger partial charge in [0.25, 0.3) is 0 Å². The van der Waals surface area contributed by atoms with E-state index in [9.17, 15) is 4.79 Å². The molecule has 4 rings (SSSR count). The summed E-state index contributed by atoms with van der Waals surface area (Å²) < 4.78 is 0. The minimum atomic E-state index is -0.0217. The van der Waals surface area contributed by atoms with Crippen LogP contribution in [-0.2, 0) is 24.2 Å². The number of fused-ring (bicyclic) bond motifs is 2. The van der Waals surface area contributed by atoms with Crippen LogP contribution in [0.1, 0.15) is 16.7 Å². The maximum absolute atomic E-state index is 12.5. The first-order valence-electron chi connectivity index (χ1n) is 7.67. The summed E-state index contributed by atoms with van der Waals surface area (Å²) in [4.78, 5) is 13.7. The smallest absolute Gasteiger partial charge is 0.238 e. The number of benzene rings is 2. The highest BCUT2D eigenvalue weighted by Gasteiger charge is 2.28. The number of carbonyl (C=O) groups excluding carboxylic acids is 1. The van der Waals surface area contributed by atoms with Gasteiger partial charge in [-0.3, -0.25) is 4.79 Å². The molecule has 0 saturated carbocycles. The van der Waals surface area contributed by atoms with Crippen molar-refractivity contribution in [2.75, 3.05) is 11.9 Å². The fourth-order valence-corrected chi connectivity index (χ4v) is 4.30. The monoisotopic (exact) mass is 346 g/mol. The second kappa shape index (κ2) is 6.95. The van der Waals surface area contributed by atoms with Gasteiger partial charge in [-0.2, -0.15) is 0 Å². The zero-order valence-corrected chi connectivity index (χ0v) is 14.3. The van der Waals surface area contributed by atoms with Crippen LogP contribution in [0.5, 0.6) is 0 Å². The van der Waals surface area contributed by atoms with Gasteiger partial charge in [-0.25, -0.2) is 0 Å². The molecule has 0 bridgehead atoms. The number of carbonyl (C=O) groups is 1. The van der Waals surface area contributed by atoms with Crippen molar-refractivity contribution in [1.82, 2.24) is 5.32 Å². The SMILES string of the molecule is Cl.O=C(Nc1ccc2c(c1)CNCC2)C1Cc2ccccc2S1. The van der Waals surface area contributed by atoms with Crippen LogP contribution in [0.25, 0.3) is 0 Å². The number of thioether (sulfide) groups is 1. The van der Waals surface area contributed by atoms with E-state index in [1.54, 1.807) is 11.8 Å². The van der Waals surface area contributed by atoms with E-state index in [-0.39, 0.29) is 23.6 Å². The normalized spacial score (nSPS) is 18.5. The Morgan fingerprint density at radius 2 is 2.00 bits per heavy atom. The Morgan fingerprint density at radius 3 is 2.87 bits per heavy atom. The number of anilines is 1. The maximum atomic E-state index is 12.5. The Morgan fingerprint density at radius 1 is 1.13 bits per heavy atom. The Hall–Kier alpha value is -1.49. The topological polar surface area (TPSA) is 41.1 Å². The van der Waals surface area contributed by atoms with Gasteiger partial charge in [0, 0.05) is 17.1 Å². The van der Waals surface area contributed by atoms with E-state index in [4.69, 9.17) is 0 Å². The lowest BCUT2D eigenvalue weighted by atomic mass is 10.0. The molecule has 0 saturated heterocycles. The van der Waals surface area contributed by atoms with Crippen LogP contribution in [0, 0.1) is 0 Å². The van der Waals surface area contributed by atoms with Gasteiger partial charge < -0.3 is 10.6 Å². The van der Waals surface area contributed by atoms with Crippen LogP contribution in [-0.4, -0.2) is 17.7 Å². The lowest BCUT2D eigenvalue weighted by molar-refractivity contribution is -0.115. The largest absolute Gasteiger partial charge is 0.325 e. The minimum Gasteiger partial charge on any atom is -0.325 e. The van der Waals surface area contributed by atoms with Gasteiger partial charge in [-0.1, -0.05) is 24.3 Å². The Labute approximate surface area is 146 Å². The number of nitrogens with one attached hydrogen (secondary N) is 2. The zero-order valence-electron chi connectivity index (χ0n) is 12.7. The first-order valence-corrected chi connectivity index (χ1v) is 8.55. The lowest BCUT2D eigenvalue weighted by Gasteiger charge is -2.18. The average molecular weight is 347 g/mol. The Kier molecular flexibility index (Phi) is 4.95. The van der Waals surface area contributed by atoms with E-state index < -0.39 is 0 Å². The van der Waals surface area contributed by atoms with Gasteiger partial charge in [-0.05, 0) is 54.3 Å². The number of amides is 1. The van der Waals surface area contributed by atoms with E-state index in [0.29, 0.717) is 0 Å². The molecule has 0 spiro atoms. The third kappa shape index (κ3) is 3.39. The average Bonchev–Trinajstić information content (AvgIpc) is 2.99. The standard InChI is InChI=1S/C18H18N2OS.ClH/c21-18(17-10-13-3-1-2-4-16(13)22-17)20-15-6-5-12-7-8-19-11-14(12)9-15;/h1-6,9,17,19H,7-8,10-11H2,(H,20,21);1H. The molecule has 2 N–H and O–H groups in total. The van der Waals surface area contributed by atoms with Crippen molar-refractivity contribution in [3.05, 3.63) is 59.2 Å². The molecule has 1 unspecified atom stereocenters. The van der Waals surface area contributed by atoms with Gasteiger partial charge in [-0.15, -0.1) is 24.2 Å². The minimum absolute atomic E-state index is 0. The maximum Gasteiger partial charge on any atom is 0.238 e. The fourth-order valence-electron chi connectivity index (χ4n) is 3.11. The molecule has 0 aromatic heterocycles. The van der Waals surface area contributed by atoms with Crippen LogP contribution in [0.15, 0.2) is 47.4 Å². The second-order valence-corrected chi connectivity index (χ2v) is 7.06. The van der Waals surface area contributed by atoms with Crippen molar-refractivity contribution in [2.24, 2.45) is 0 Å². The molecular formula is C18H19ClN2OS. The molecule has 0 aliphatic carbocycles. The summed E-state index contributed by atoms with van der Waals surface area (Å²) in [5, 5.41) is 6.43. The number of halogens is 1. The first kappa shape index (κ1) is 16.4. The van der Waals surface area contributed by atoms with E-state index in [1.807, 2.05) is 18.2 Å². The molecule has 2 heterocycles. The zero-order chi connectivity index (χ0) is 14.9.